The zero-order chi connectivity index (χ0) is 17.3. The van der Waals surface area contributed by atoms with Gasteiger partial charge in [0.25, 0.3) is 5.56 Å². The molecule has 0 saturated carbocycles. The quantitative estimate of drug-likeness (QED) is 0.730. The Kier molecular flexibility index (Phi) is 5.20. The van der Waals surface area contributed by atoms with E-state index in [0.29, 0.717) is 18.5 Å². The third-order valence-electron chi connectivity index (χ3n) is 3.89. The maximum atomic E-state index is 12.5. The fraction of sp³-hybridized carbons (Fsp3) is 0.625. The van der Waals surface area contributed by atoms with Gasteiger partial charge in [-0.05, 0) is 68.6 Å². The molecule has 128 valence electrons. The van der Waals surface area contributed by atoms with E-state index in [9.17, 15) is 9.59 Å². The molecule has 23 heavy (non-hydrogen) atoms. The van der Waals surface area contributed by atoms with Gasteiger partial charge in [-0.2, -0.15) is 0 Å². The van der Waals surface area contributed by atoms with E-state index in [-0.39, 0.29) is 5.56 Å². The molecular formula is C16H24BrN3O3. The van der Waals surface area contributed by atoms with Crippen LogP contribution in [0.3, 0.4) is 0 Å². The SMILES string of the molecule is Cc1c(Br)c[nH]c(=O)c1[C@@]1(NC(=O)OC(C)(C)C)CCCNC1. The second-order valence-corrected chi connectivity index (χ2v) is 7.81. The molecule has 7 heteroatoms. The number of carbonyl (C=O) groups excluding carboxylic acids is 1. The summed E-state index contributed by atoms with van der Waals surface area (Å²) in [6.07, 6.45) is 2.65. The van der Waals surface area contributed by atoms with Gasteiger partial charge in [-0.15, -0.1) is 0 Å². The van der Waals surface area contributed by atoms with Gasteiger partial charge < -0.3 is 20.4 Å². The normalized spacial score (nSPS) is 21.8. The summed E-state index contributed by atoms with van der Waals surface area (Å²) < 4.78 is 6.20. The Morgan fingerprint density at radius 2 is 2.13 bits per heavy atom. The highest BCUT2D eigenvalue weighted by molar-refractivity contribution is 9.10. The number of aromatic nitrogens is 1. The number of ether oxygens (including phenoxy) is 1. The predicted molar refractivity (Wildman–Crippen MR) is 92.7 cm³/mol. The van der Waals surface area contributed by atoms with E-state index < -0.39 is 17.2 Å². The molecule has 6 nitrogen and oxygen atoms in total. The molecule has 0 bridgehead atoms. The predicted octanol–water partition coefficient (Wildman–Crippen LogP) is 2.55. The molecule has 1 aromatic heterocycles. The fourth-order valence-corrected chi connectivity index (χ4v) is 3.27. The highest BCUT2D eigenvalue weighted by Gasteiger charge is 2.40. The molecule has 1 amide bonds. The molecule has 2 heterocycles. The number of rotatable bonds is 2. The number of halogens is 1. The highest BCUT2D eigenvalue weighted by atomic mass is 79.9. The number of alkyl carbamates (subject to hydrolysis) is 1. The summed E-state index contributed by atoms with van der Waals surface area (Å²) in [7, 11) is 0. The van der Waals surface area contributed by atoms with Gasteiger partial charge in [-0.3, -0.25) is 4.79 Å². The minimum Gasteiger partial charge on any atom is -0.444 e. The lowest BCUT2D eigenvalue weighted by Crippen LogP contribution is -2.58. The first-order valence-electron chi connectivity index (χ1n) is 7.75. The molecule has 1 saturated heterocycles. The van der Waals surface area contributed by atoms with E-state index in [4.69, 9.17) is 4.74 Å². The van der Waals surface area contributed by atoms with Crippen LogP contribution in [0.1, 0.15) is 44.7 Å². The fourth-order valence-electron chi connectivity index (χ4n) is 2.96. The topological polar surface area (TPSA) is 83.2 Å². The molecule has 1 aliphatic rings. The second kappa shape index (κ2) is 6.65. The molecule has 1 fully saturated rings. The standard InChI is InChI=1S/C16H24BrN3O3/c1-10-11(17)8-19-13(21)12(10)16(6-5-7-18-9-16)20-14(22)23-15(2,3)4/h8,18H,5-7,9H2,1-4H3,(H,19,21)(H,20,22)/t16-/m1/s1. The van der Waals surface area contributed by atoms with Gasteiger partial charge in [-0.1, -0.05) is 0 Å². The zero-order valence-electron chi connectivity index (χ0n) is 14.0. The molecule has 1 aromatic rings. The maximum Gasteiger partial charge on any atom is 0.408 e. The van der Waals surface area contributed by atoms with E-state index in [0.717, 1.165) is 23.0 Å². The minimum absolute atomic E-state index is 0.189. The first-order valence-corrected chi connectivity index (χ1v) is 8.54. The summed E-state index contributed by atoms with van der Waals surface area (Å²) >= 11 is 3.45. The molecule has 3 N–H and O–H groups in total. The maximum absolute atomic E-state index is 12.5. The molecule has 0 radical (unpaired) electrons. The largest absolute Gasteiger partial charge is 0.444 e. The Morgan fingerprint density at radius 1 is 1.43 bits per heavy atom. The van der Waals surface area contributed by atoms with E-state index in [1.54, 1.807) is 6.20 Å². The molecule has 0 unspecified atom stereocenters. The number of hydrogen-bond acceptors (Lipinski definition) is 4. The van der Waals surface area contributed by atoms with Crippen molar-refractivity contribution in [3.63, 3.8) is 0 Å². The second-order valence-electron chi connectivity index (χ2n) is 6.96. The van der Waals surface area contributed by atoms with Crippen LogP contribution in [0.4, 0.5) is 4.79 Å². The van der Waals surface area contributed by atoms with Crippen LogP contribution in [0, 0.1) is 6.92 Å². The van der Waals surface area contributed by atoms with Gasteiger partial charge in [0, 0.05) is 22.8 Å². The summed E-state index contributed by atoms with van der Waals surface area (Å²) in [6, 6.07) is 0. The minimum atomic E-state index is -0.776. The molecule has 1 aliphatic heterocycles. The van der Waals surface area contributed by atoms with Crippen molar-refractivity contribution in [2.45, 2.75) is 51.7 Å². The highest BCUT2D eigenvalue weighted by Crippen LogP contribution is 2.31. The zero-order valence-corrected chi connectivity index (χ0v) is 15.6. The molecule has 0 aliphatic carbocycles. The number of hydrogen-bond donors (Lipinski definition) is 3. The van der Waals surface area contributed by atoms with Crippen molar-refractivity contribution in [2.75, 3.05) is 13.1 Å². The van der Waals surface area contributed by atoms with Crippen molar-refractivity contribution in [2.24, 2.45) is 0 Å². The number of nitrogens with one attached hydrogen (secondary N) is 3. The molecule has 1 atom stereocenters. The summed E-state index contributed by atoms with van der Waals surface area (Å²) in [5.41, 5.74) is -0.155. The van der Waals surface area contributed by atoms with Gasteiger partial charge in [0.05, 0.1) is 5.54 Å². The van der Waals surface area contributed by atoms with Crippen molar-refractivity contribution in [3.8, 4) is 0 Å². The van der Waals surface area contributed by atoms with Crippen LogP contribution < -0.4 is 16.2 Å². The van der Waals surface area contributed by atoms with E-state index in [1.807, 2.05) is 27.7 Å². The van der Waals surface area contributed by atoms with Crippen molar-refractivity contribution >= 4 is 22.0 Å². The van der Waals surface area contributed by atoms with Crippen LogP contribution in [0.2, 0.25) is 0 Å². The van der Waals surface area contributed by atoms with E-state index in [2.05, 4.69) is 31.5 Å². The summed E-state index contributed by atoms with van der Waals surface area (Å²) in [4.78, 5) is 27.5. The van der Waals surface area contributed by atoms with Crippen molar-refractivity contribution < 1.29 is 9.53 Å². The van der Waals surface area contributed by atoms with Crippen molar-refractivity contribution in [1.29, 1.82) is 0 Å². The monoisotopic (exact) mass is 385 g/mol. The average Bonchev–Trinajstić information content (AvgIpc) is 2.42. The van der Waals surface area contributed by atoms with Crippen LogP contribution in [0.25, 0.3) is 0 Å². The Hall–Kier alpha value is -1.34. The van der Waals surface area contributed by atoms with Crippen LogP contribution in [0.15, 0.2) is 15.5 Å². The molecule has 0 aromatic carbocycles. The lowest BCUT2D eigenvalue weighted by molar-refractivity contribution is 0.0429. The Bertz CT molecular complexity index is 643. The first kappa shape index (κ1) is 18.0. The Balaban J connectivity index is 2.43. The lowest BCUT2D eigenvalue weighted by Gasteiger charge is -2.39. The number of pyridine rings is 1. The Labute approximate surface area is 144 Å². The lowest BCUT2D eigenvalue weighted by atomic mass is 9.81. The average molecular weight is 386 g/mol. The Morgan fingerprint density at radius 3 is 2.70 bits per heavy atom. The summed E-state index contributed by atoms with van der Waals surface area (Å²) in [5.74, 6) is 0. The van der Waals surface area contributed by atoms with E-state index >= 15 is 0 Å². The van der Waals surface area contributed by atoms with Gasteiger partial charge in [0.1, 0.15) is 5.60 Å². The molecule has 0 spiro atoms. The molecular weight excluding hydrogens is 362 g/mol. The third-order valence-corrected chi connectivity index (χ3v) is 4.72. The number of aromatic amines is 1. The van der Waals surface area contributed by atoms with Crippen LogP contribution >= 0.6 is 15.9 Å². The van der Waals surface area contributed by atoms with Crippen LogP contribution in [-0.2, 0) is 10.3 Å². The van der Waals surface area contributed by atoms with Crippen LogP contribution in [-0.4, -0.2) is 29.8 Å². The number of piperidine rings is 1. The first-order chi connectivity index (χ1) is 10.6. The van der Waals surface area contributed by atoms with Crippen molar-refractivity contribution in [3.05, 3.63) is 32.2 Å². The van der Waals surface area contributed by atoms with Gasteiger partial charge in [-0.25, -0.2) is 4.79 Å². The van der Waals surface area contributed by atoms with Crippen LogP contribution in [0.5, 0.6) is 0 Å². The molecule has 2 rings (SSSR count). The summed E-state index contributed by atoms with van der Waals surface area (Å²) in [6.45, 7) is 8.68. The third kappa shape index (κ3) is 4.14. The number of amides is 1. The smallest absolute Gasteiger partial charge is 0.408 e. The van der Waals surface area contributed by atoms with Gasteiger partial charge in [0.2, 0.25) is 0 Å². The number of carbonyl (C=O) groups is 1. The van der Waals surface area contributed by atoms with E-state index in [1.165, 1.54) is 0 Å². The number of H-pyrrole nitrogens is 1. The van der Waals surface area contributed by atoms with Gasteiger partial charge >= 0.3 is 6.09 Å². The van der Waals surface area contributed by atoms with Gasteiger partial charge in [0.15, 0.2) is 0 Å². The summed E-state index contributed by atoms with van der Waals surface area (Å²) in [5, 5.41) is 6.23. The van der Waals surface area contributed by atoms with Crippen molar-refractivity contribution in [1.82, 2.24) is 15.6 Å².